The molecule has 0 unspecified atom stereocenters. The molecule has 5 N–H and O–H groups in total. The van der Waals surface area contributed by atoms with E-state index in [0.717, 1.165) is 31.5 Å². The third-order valence-electron chi connectivity index (χ3n) is 1.80. The second-order valence-electron chi connectivity index (χ2n) is 2.89. The maximum absolute atomic E-state index is 5.42. The van der Waals surface area contributed by atoms with Crippen molar-refractivity contribution < 1.29 is 0 Å². The fourth-order valence-corrected chi connectivity index (χ4v) is 1.14. The van der Waals surface area contributed by atoms with Crippen LogP contribution in [-0.2, 0) is 6.42 Å². The molecule has 0 radical (unpaired) electrons. The van der Waals surface area contributed by atoms with Crippen molar-refractivity contribution in [2.45, 2.75) is 25.7 Å². The van der Waals surface area contributed by atoms with E-state index in [1.807, 2.05) is 0 Å². The molecule has 1 rings (SSSR count). The van der Waals surface area contributed by atoms with Gasteiger partial charge in [0.2, 0.25) is 0 Å². The van der Waals surface area contributed by atoms with E-state index < -0.39 is 0 Å². The van der Waals surface area contributed by atoms with Crippen LogP contribution >= 0.6 is 0 Å². The standard InChI is InChI=1S/C8H16N4/c9-5-3-1-2-4-7-6-11-8(10)12-7/h6H,1-5,9H2,(H3,10,11,12). The zero-order chi connectivity index (χ0) is 8.81. The van der Waals surface area contributed by atoms with E-state index in [1.54, 1.807) is 6.20 Å². The molecule has 1 aromatic heterocycles. The van der Waals surface area contributed by atoms with Crippen molar-refractivity contribution in [1.82, 2.24) is 9.97 Å². The first-order valence-electron chi connectivity index (χ1n) is 4.32. The summed E-state index contributed by atoms with van der Waals surface area (Å²) in [5, 5.41) is 0. The first kappa shape index (κ1) is 9.06. The number of rotatable bonds is 5. The number of nitrogens with zero attached hydrogens (tertiary/aromatic N) is 1. The van der Waals surface area contributed by atoms with Crippen molar-refractivity contribution in [1.29, 1.82) is 0 Å². The van der Waals surface area contributed by atoms with Crippen molar-refractivity contribution in [3.8, 4) is 0 Å². The summed E-state index contributed by atoms with van der Waals surface area (Å²) in [6.07, 6.45) is 6.24. The van der Waals surface area contributed by atoms with Gasteiger partial charge in [0.25, 0.3) is 0 Å². The van der Waals surface area contributed by atoms with Gasteiger partial charge in [-0.2, -0.15) is 0 Å². The van der Waals surface area contributed by atoms with Gasteiger partial charge in [0.1, 0.15) is 0 Å². The van der Waals surface area contributed by atoms with Crippen molar-refractivity contribution in [3.05, 3.63) is 11.9 Å². The minimum absolute atomic E-state index is 0.504. The predicted molar refractivity (Wildman–Crippen MR) is 49.6 cm³/mol. The summed E-state index contributed by atoms with van der Waals surface area (Å²) >= 11 is 0. The van der Waals surface area contributed by atoms with E-state index in [9.17, 15) is 0 Å². The summed E-state index contributed by atoms with van der Waals surface area (Å²) in [7, 11) is 0. The van der Waals surface area contributed by atoms with Gasteiger partial charge >= 0.3 is 0 Å². The first-order valence-corrected chi connectivity index (χ1v) is 4.32. The molecular weight excluding hydrogens is 152 g/mol. The molecule has 0 bridgehead atoms. The van der Waals surface area contributed by atoms with Crippen molar-refractivity contribution in [2.75, 3.05) is 12.3 Å². The third-order valence-corrected chi connectivity index (χ3v) is 1.80. The Kier molecular flexibility index (Phi) is 3.60. The van der Waals surface area contributed by atoms with Gasteiger partial charge in [0.05, 0.1) is 6.20 Å². The van der Waals surface area contributed by atoms with Gasteiger partial charge in [-0.1, -0.05) is 6.42 Å². The molecule has 68 valence electrons. The van der Waals surface area contributed by atoms with E-state index in [1.165, 1.54) is 6.42 Å². The smallest absolute Gasteiger partial charge is 0.197 e. The van der Waals surface area contributed by atoms with Crippen molar-refractivity contribution in [2.24, 2.45) is 5.73 Å². The number of hydrogen-bond acceptors (Lipinski definition) is 3. The number of nitrogens with two attached hydrogens (primary N) is 2. The average Bonchev–Trinajstić information content (AvgIpc) is 2.45. The SMILES string of the molecule is NCCCCCc1cnc(N)[nH]1. The Morgan fingerprint density at radius 3 is 2.75 bits per heavy atom. The molecule has 12 heavy (non-hydrogen) atoms. The molecule has 0 aliphatic carbocycles. The van der Waals surface area contributed by atoms with Crippen molar-refractivity contribution in [3.63, 3.8) is 0 Å². The van der Waals surface area contributed by atoms with Crippen LogP contribution in [0.2, 0.25) is 0 Å². The third kappa shape index (κ3) is 2.92. The molecule has 0 aliphatic rings. The highest BCUT2D eigenvalue weighted by Crippen LogP contribution is 2.04. The fraction of sp³-hybridized carbons (Fsp3) is 0.625. The quantitative estimate of drug-likeness (QED) is 0.565. The number of imidazole rings is 1. The van der Waals surface area contributed by atoms with Crippen LogP contribution in [0.4, 0.5) is 5.95 Å². The second-order valence-corrected chi connectivity index (χ2v) is 2.89. The summed E-state index contributed by atoms with van der Waals surface area (Å²) in [5.41, 5.74) is 11.9. The summed E-state index contributed by atoms with van der Waals surface area (Å²) in [4.78, 5) is 6.90. The molecule has 0 aliphatic heterocycles. The molecule has 0 fully saturated rings. The topological polar surface area (TPSA) is 80.7 Å². The van der Waals surface area contributed by atoms with Crippen LogP contribution in [0, 0.1) is 0 Å². The molecule has 0 spiro atoms. The maximum Gasteiger partial charge on any atom is 0.197 e. The van der Waals surface area contributed by atoms with E-state index in [4.69, 9.17) is 11.5 Å². The lowest BCUT2D eigenvalue weighted by Gasteiger charge is -1.96. The molecule has 4 heteroatoms. The second kappa shape index (κ2) is 4.77. The number of unbranched alkanes of at least 4 members (excludes halogenated alkanes) is 2. The predicted octanol–water partition coefficient (Wildman–Crippen LogP) is 0.663. The highest BCUT2D eigenvalue weighted by Gasteiger charge is 1.95. The van der Waals surface area contributed by atoms with Gasteiger partial charge in [-0.3, -0.25) is 0 Å². The summed E-state index contributed by atoms with van der Waals surface area (Å²) in [6.45, 7) is 0.783. The number of nitrogens with one attached hydrogen (secondary N) is 1. The number of anilines is 1. The van der Waals surface area contributed by atoms with Crippen LogP contribution in [0.15, 0.2) is 6.20 Å². The number of aryl methyl sites for hydroxylation is 1. The summed E-state index contributed by atoms with van der Waals surface area (Å²) in [5.74, 6) is 0.504. The minimum Gasteiger partial charge on any atom is -0.369 e. The van der Waals surface area contributed by atoms with Gasteiger partial charge < -0.3 is 16.5 Å². The first-order chi connectivity index (χ1) is 5.83. The van der Waals surface area contributed by atoms with Gasteiger partial charge in [-0.25, -0.2) is 4.98 Å². The molecule has 0 saturated heterocycles. The lowest BCUT2D eigenvalue weighted by Crippen LogP contribution is -1.98. The highest BCUT2D eigenvalue weighted by molar-refractivity contribution is 5.18. The van der Waals surface area contributed by atoms with Crippen LogP contribution in [-0.4, -0.2) is 16.5 Å². The van der Waals surface area contributed by atoms with E-state index in [2.05, 4.69) is 9.97 Å². The molecule has 1 heterocycles. The largest absolute Gasteiger partial charge is 0.369 e. The molecule has 0 amide bonds. The van der Waals surface area contributed by atoms with Crippen LogP contribution in [0.1, 0.15) is 25.0 Å². The Morgan fingerprint density at radius 2 is 2.17 bits per heavy atom. The zero-order valence-electron chi connectivity index (χ0n) is 7.21. The Balaban J connectivity index is 2.15. The zero-order valence-corrected chi connectivity index (χ0v) is 7.21. The molecule has 0 aromatic carbocycles. The monoisotopic (exact) mass is 168 g/mol. The van der Waals surface area contributed by atoms with Crippen molar-refractivity contribution >= 4 is 5.95 Å². The van der Waals surface area contributed by atoms with E-state index >= 15 is 0 Å². The van der Waals surface area contributed by atoms with E-state index in [-0.39, 0.29) is 0 Å². The van der Waals surface area contributed by atoms with Gasteiger partial charge in [-0.15, -0.1) is 0 Å². The Labute approximate surface area is 72.4 Å². The molecule has 0 saturated carbocycles. The summed E-state index contributed by atoms with van der Waals surface area (Å²) in [6, 6.07) is 0. The number of H-pyrrole nitrogens is 1. The minimum atomic E-state index is 0.504. The normalized spacial score (nSPS) is 10.4. The number of aromatic nitrogens is 2. The Bertz CT molecular complexity index is 219. The van der Waals surface area contributed by atoms with Crippen LogP contribution < -0.4 is 11.5 Å². The van der Waals surface area contributed by atoms with Gasteiger partial charge in [0.15, 0.2) is 5.95 Å². The molecule has 4 nitrogen and oxygen atoms in total. The highest BCUT2D eigenvalue weighted by atomic mass is 15.0. The fourth-order valence-electron chi connectivity index (χ4n) is 1.14. The lowest BCUT2D eigenvalue weighted by molar-refractivity contribution is 0.681. The van der Waals surface area contributed by atoms with Gasteiger partial charge in [-0.05, 0) is 25.8 Å². The number of nitrogen functional groups attached to an aromatic ring is 1. The van der Waals surface area contributed by atoms with Crippen LogP contribution in [0.5, 0.6) is 0 Å². The molecule has 0 atom stereocenters. The average molecular weight is 168 g/mol. The lowest BCUT2D eigenvalue weighted by atomic mass is 10.1. The summed E-state index contributed by atoms with van der Waals surface area (Å²) < 4.78 is 0. The van der Waals surface area contributed by atoms with E-state index in [0.29, 0.717) is 5.95 Å². The maximum atomic E-state index is 5.42. The van der Waals surface area contributed by atoms with Crippen LogP contribution in [0.25, 0.3) is 0 Å². The Morgan fingerprint density at radius 1 is 1.33 bits per heavy atom. The number of hydrogen-bond donors (Lipinski definition) is 3. The van der Waals surface area contributed by atoms with Gasteiger partial charge in [0, 0.05) is 5.69 Å². The molecular formula is C8H16N4. The molecule has 1 aromatic rings. The Hall–Kier alpha value is -1.03. The van der Waals surface area contributed by atoms with Crippen LogP contribution in [0.3, 0.4) is 0 Å². The number of aromatic amines is 1.